The summed E-state index contributed by atoms with van der Waals surface area (Å²) in [5.41, 5.74) is 1.06. The Morgan fingerprint density at radius 1 is 1.21 bits per heavy atom. The van der Waals surface area contributed by atoms with E-state index in [0.717, 1.165) is 0 Å². The van der Waals surface area contributed by atoms with Gasteiger partial charge in [0.2, 0.25) is 5.88 Å². The second-order valence-electron chi connectivity index (χ2n) is 4.99. The Morgan fingerprint density at radius 3 is 2.62 bits per heavy atom. The van der Waals surface area contributed by atoms with Crippen molar-refractivity contribution in [1.29, 1.82) is 0 Å². The maximum absolute atomic E-state index is 12.9. The number of benzene rings is 2. The molecule has 1 aromatic heterocycles. The molecule has 5 nitrogen and oxygen atoms in total. The van der Waals surface area contributed by atoms with Crippen LogP contribution in [0.4, 0.5) is 10.1 Å². The molecular formula is C18H12FN3O2. The van der Waals surface area contributed by atoms with Crippen molar-refractivity contribution in [2.45, 2.75) is 6.54 Å². The Balaban J connectivity index is 2.01. The first-order valence-corrected chi connectivity index (χ1v) is 7.07. The predicted molar refractivity (Wildman–Crippen MR) is 87.7 cm³/mol. The van der Waals surface area contributed by atoms with E-state index in [9.17, 15) is 14.3 Å². The van der Waals surface area contributed by atoms with Crippen molar-refractivity contribution >= 4 is 22.5 Å². The molecule has 24 heavy (non-hydrogen) atoms. The first-order valence-electron chi connectivity index (χ1n) is 7.07. The van der Waals surface area contributed by atoms with E-state index in [1.807, 2.05) is 0 Å². The number of halogens is 1. The molecule has 2 aromatic carbocycles. The number of rotatable bonds is 3. The van der Waals surface area contributed by atoms with Crippen molar-refractivity contribution in [3.8, 4) is 18.2 Å². The maximum Gasteiger partial charge on any atom is 0.295 e. The van der Waals surface area contributed by atoms with Crippen LogP contribution in [-0.2, 0) is 6.54 Å². The zero-order valence-electron chi connectivity index (χ0n) is 12.5. The van der Waals surface area contributed by atoms with Crippen molar-refractivity contribution in [2.24, 2.45) is 10.2 Å². The normalized spacial score (nSPS) is 11.0. The van der Waals surface area contributed by atoms with Gasteiger partial charge in [0, 0.05) is 10.9 Å². The van der Waals surface area contributed by atoms with Gasteiger partial charge in [0.25, 0.3) is 5.91 Å². The highest BCUT2D eigenvalue weighted by Gasteiger charge is 2.16. The average molecular weight is 321 g/mol. The van der Waals surface area contributed by atoms with Crippen LogP contribution >= 0.6 is 0 Å². The van der Waals surface area contributed by atoms with E-state index in [2.05, 4.69) is 16.1 Å². The minimum Gasteiger partial charge on any atom is -0.493 e. The third kappa shape index (κ3) is 2.75. The van der Waals surface area contributed by atoms with Crippen LogP contribution in [0, 0.1) is 18.2 Å². The summed E-state index contributed by atoms with van der Waals surface area (Å²) in [4.78, 5) is 12.0. The molecule has 0 saturated heterocycles. The number of amides is 1. The summed E-state index contributed by atoms with van der Waals surface area (Å²) in [7, 11) is 0. The number of carbonyl (C=O) groups excluding carboxylic acids is 1. The van der Waals surface area contributed by atoms with E-state index >= 15 is 0 Å². The summed E-state index contributed by atoms with van der Waals surface area (Å²) >= 11 is 0. The first-order chi connectivity index (χ1) is 11.6. The molecule has 3 rings (SSSR count). The molecule has 0 aliphatic heterocycles. The van der Waals surface area contributed by atoms with Gasteiger partial charge in [-0.3, -0.25) is 9.36 Å². The van der Waals surface area contributed by atoms with Crippen LogP contribution in [0.1, 0.15) is 10.4 Å². The first kappa shape index (κ1) is 15.4. The van der Waals surface area contributed by atoms with Gasteiger partial charge in [-0.15, -0.1) is 16.7 Å². The Labute approximate surface area is 137 Å². The Morgan fingerprint density at radius 2 is 1.92 bits per heavy atom. The molecule has 1 N–H and O–H groups in total. The Kier molecular flexibility index (Phi) is 4.08. The number of aromatic nitrogens is 1. The molecule has 3 aromatic rings. The van der Waals surface area contributed by atoms with Crippen molar-refractivity contribution in [1.82, 2.24) is 4.57 Å². The molecule has 0 spiro atoms. The van der Waals surface area contributed by atoms with E-state index in [0.29, 0.717) is 10.9 Å². The summed E-state index contributed by atoms with van der Waals surface area (Å²) in [6.07, 6.45) is 5.32. The van der Waals surface area contributed by atoms with Gasteiger partial charge in [0.05, 0.1) is 12.1 Å². The maximum atomic E-state index is 12.9. The SMILES string of the molecule is C#CCn1c(O)c(N=NC(=O)c2ccc(F)cc2)c2ccccc21. The van der Waals surface area contributed by atoms with Crippen LogP contribution in [0.25, 0.3) is 10.9 Å². The van der Waals surface area contributed by atoms with E-state index in [-0.39, 0.29) is 23.7 Å². The lowest BCUT2D eigenvalue weighted by molar-refractivity contribution is 0.0995. The van der Waals surface area contributed by atoms with E-state index in [4.69, 9.17) is 6.42 Å². The van der Waals surface area contributed by atoms with Crippen LogP contribution in [0.3, 0.4) is 0 Å². The molecule has 118 valence electrons. The highest BCUT2D eigenvalue weighted by atomic mass is 19.1. The van der Waals surface area contributed by atoms with E-state index in [1.165, 1.54) is 28.8 Å². The summed E-state index contributed by atoms with van der Waals surface area (Å²) < 4.78 is 14.4. The van der Waals surface area contributed by atoms with Gasteiger partial charge in [-0.05, 0) is 30.3 Å². The second kappa shape index (κ2) is 6.34. The number of fused-ring (bicyclic) bond motifs is 1. The lowest BCUT2D eigenvalue weighted by Gasteiger charge is -2.00. The average Bonchev–Trinajstić information content (AvgIpc) is 2.86. The molecule has 0 saturated carbocycles. The number of hydrogen-bond acceptors (Lipinski definition) is 3. The number of azo groups is 1. The van der Waals surface area contributed by atoms with Crippen LogP contribution < -0.4 is 0 Å². The van der Waals surface area contributed by atoms with Gasteiger partial charge in [0.15, 0.2) is 5.69 Å². The van der Waals surface area contributed by atoms with Crippen LogP contribution in [0.15, 0.2) is 58.8 Å². The number of terminal acetylenes is 1. The molecule has 0 unspecified atom stereocenters. The fraction of sp³-hybridized carbons (Fsp3) is 0.0556. The smallest absolute Gasteiger partial charge is 0.295 e. The monoisotopic (exact) mass is 321 g/mol. The summed E-state index contributed by atoms with van der Waals surface area (Å²) in [6.45, 7) is 0.160. The minimum atomic E-state index is -0.636. The molecule has 0 radical (unpaired) electrons. The molecule has 0 aliphatic rings. The fourth-order valence-electron chi connectivity index (χ4n) is 2.37. The molecule has 6 heteroatoms. The van der Waals surface area contributed by atoms with Gasteiger partial charge < -0.3 is 5.11 Å². The van der Waals surface area contributed by atoms with Crippen molar-refractivity contribution < 1.29 is 14.3 Å². The van der Waals surface area contributed by atoms with Crippen molar-refractivity contribution in [3.05, 3.63) is 59.9 Å². The number of carbonyl (C=O) groups is 1. The van der Waals surface area contributed by atoms with Gasteiger partial charge in [-0.1, -0.05) is 24.1 Å². The van der Waals surface area contributed by atoms with Crippen LogP contribution in [0.2, 0.25) is 0 Å². The van der Waals surface area contributed by atoms with Gasteiger partial charge in [0.1, 0.15) is 5.82 Å². The lowest BCUT2D eigenvalue weighted by atomic mass is 10.2. The molecule has 0 fully saturated rings. The topological polar surface area (TPSA) is 66.9 Å². The standard InChI is InChI=1S/C18H12FN3O2/c1-2-11-22-15-6-4-3-5-14(15)16(18(22)24)20-21-17(23)12-7-9-13(19)10-8-12/h1,3-10,24H,11H2. The molecular weight excluding hydrogens is 309 g/mol. The zero-order chi connectivity index (χ0) is 17.1. The molecule has 0 atom stereocenters. The number of para-hydroxylation sites is 1. The van der Waals surface area contributed by atoms with Crippen LogP contribution in [-0.4, -0.2) is 15.6 Å². The highest BCUT2D eigenvalue weighted by Crippen LogP contribution is 2.38. The molecule has 1 amide bonds. The fourth-order valence-corrected chi connectivity index (χ4v) is 2.37. The van der Waals surface area contributed by atoms with Gasteiger partial charge in [-0.25, -0.2) is 4.39 Å². The molecule has 1 heterocycles. The number of hydrogen-bond donors (Lipinski definition) is 1. The highest BCUT2D eigenvalue weighted by molar-refractivity contribution is 5.97. The van der Waals surface area contributed by atoms with Crippen molar-refractivity contribution in [2.75, 3.05) is 0 Å². The second-order valence-corrected chi connectivity index (χ2v) is 4.99. The summed E-state index contributed by atoms with van der Waals surface area (Å²) in [6, 6.07) is 12.1. The number of nitrogens with zero attached hydrogens (tertiary/aromatic N) is 3. The third-order valence-electron chi connectivity index (χ3n) is 3.50. The largest absolute Gasteiger partial charge is 0.493 e. The quantitative estimate of drug-likeness (QED) is 0.584. The van der Waals surface area contributed by atoms with Crippen molar-refractivity contribution in [3.63, 3.8) is 0 Å². The van der Waals surface area contributed by atoms with Crippen LogP contribution in [0.5, 0.6) is 5.88 Å². The number of aromatic hydroxyl groups is 1. The zero-order valence-corrected chi connectivity index (χ0v) is 12.5. The van der Waals surface area contributed by atoms with Gasteiger partial charge >= 0.3 is 0 Å². The minimum absolute atomic E-state index is 0.160. The Hall–Kier alpha value is -3.46. The summed E-state index contributed by atoms with van der Waals surface area (Å²) in [5, 5.41) is 18.4. The molecule has 0 bridgehead atoms. The predicted octanol–water partition coefficient (Wildman–Crippen LogP) is 4.04. The van der Waals surface area contributed by atoms with Gasteiger partial charge in [-0.2, -0.15) is 0 Å². The summed E-state index contributed by atoms with van der Waals surface area (Å²) in [5.74, 6) is 1.21. The van der Waals surface area contributed by atoms with E-state index in [1.54, 1.807) is 24.3 Å². The lowest BCUT2D eigenvalue weighted by Crippen LogP contribution is -1.94. The van der Waals surface area contributed by atoms with E-state index < -0.39 is 11.7 Å². The molecule has 0 aliphatic carbocycles. The third-order valence-corrected chi connectivity index (χ3v) is 3.50. The Bertz CT molecular complexity index is 982.